The van der Waals surface area contributed by atoms with Crippen molar-refractivity contribution in [1.82, 2.24) is 9.21 Å². The van der Waals surface area contributed by atoms with Crippen LogP contribution in [0.3, 0.4) is 0 Å². The molecule has 0 aromatic heterocycles. The molecule has 0 amide bonds. The molecule has 0 bridgehead atoms. The van der Waals surface area contributed by atoms with E-state index < -0.39 is 10.0 Å². The summed E-state index contributed by atoms with van der Waals surface area (Å²) in [5.74, 6) is 0.840. The van der Waals surface area contributed by atoms with Gasteiger partial charge in [0.25, 0.3) is 0 Å². The first-order chi connectivity index (χ1) is 16.1. The van der Waals surface area contributed by atoms with E-state index in [9.17, 15) is 8.42 Å². The van der Waals surface area contributed by atoms with Gasteiger partial charge in [-0.25, -0.2) is 8.42 Å². The molecule has 2 aromatic carbocycles. The molecule has 2 heterocycles. The molecule has 5 nitrogen and oxygen atoms in total. The molecule has 33 heavy (non-hydrogen) atoms. The Bertz CT molecular complexity index is 999. The summed E-state index contributed by atoms with van der Waals surface area (Å²) in [6.07, 6.45) is 9.00. The van der Waals surface area contributed by atoms with E-state index in [1.807, 2.05) is 24.3 Å². The largest absolute Gasteiger partial charge is 0.494 e. The third-order valence-electron chi connectivity index (χ3n) is 6.87. The zero-order chi connectivity index (χ0) is 23.1. The number of fused-ring (bicyclic) bond motifs is 1. The average Bonchev–Trinajstić information content (AvgIpc) is 2.86. The predicted molar refractivity (Wildman–Crippen MR) is 133 cm³/mol. The third kappa shape index (κ3) is 6.37. The van der Waals surface area contributed by atoms with Gasteiger partial charge in [0.05, 0.1) is 11.5 Å². The van der Waals surface area contributed by atoms with Gasteiger partial charge in [-0.2, -0.15) is 4.31 Å². The molecule has 6 heteroatoms. The van der Waals surface area contributed by atoms with Crippen LogP contribution in [-0.4, -0.2) is 50.4 Å². The van der Waals surface area contributed by atoms with Gasteiger partial charge in [-0.05, 0) is 92.6 Å². The zero-order valence-corrected chi connectivity index (χ0v) is 20.8. The second-order valence-electron chi connectivity index (χ2n) is 9.37. The first kappa shape index (κ1) is 24.2. The van der Waals surface area contributed by atoms with Crippen LogP contribution in [-0.2, 0) is 29.4 Å². The standard InChI is InChI=1S/C27H38N2O3S/c1-2-3-8-23-9-13-27(14-10-23)33(30,31)29-19-15-24-11-12-26(21-25(24)22-29)32-20-7-18-28-16-5-4-6-17-28/h9-14,21H,2-8,15-20,22H2,1H3. The van der Waals surface area contributed by atoms with Crippen molar-refractivity contribution in [2.45, 2.75) is 69.7 Å². The second kappa shape index (κ2) is 11.5. The highest BCUT2D eigenvalue weighted by Crippen LogP contribution is 2.28. The first-order valence-electron chi connectivity index (χ1n) is 12.6. The quantitative estimate of drug-likeness (QED) is 0.457. The monoisotopic (exact) mass is 470 g/mol. The molecule has 1 saturated heterocycles. The maximum atomic E-state index is 13.3. The van der Waals surface area contributed by atoms with Crippen molar-refractivity contribution >= 4 is 10.0 Å². The molecule has 2 aliphatic heterocycles. The molecule has 2 aromatic rings. The number of hydrogen-bond donors (Lipinski definition) is 0. The van der Waals surface area contributed by atoms with Gasteiger partial charge in [0.15, 0.2) is 0 Å². The molecule has 4 rings (SSSR count). The summed E-state index contributed by atoms with van der Waals surface area (Å²) in [5.41, 5.74) is 3.47. The van der Waals surface area contributed by atoms with E-state index in [-0.39, 0.29) is 0 Å². The number of piperidine rings is 1. The summed E-state index contributed by atoms with van der Waals surface area (Å²) in [5, 5.41) is 0. The van der Waals surface area contributed by atoms with Crippen molar-refractivity contribution in [3.8, 4) is 5.75 Å². The van der Waals surface area contributed by atoms with Gasteiger partial charge in [0, 0.05) is 19.6 Å². The van der Waals surface area contributed by atoms with Crippen LogP contribution >= 0.6 is 0 Å². The maximum Gasteiger partial charge on any atom is 0.243 e. The third-order valence-corrected chi connectivity index (χ3v) is 8.73. The number of likely N-dealkylation sites (tertiary alicyclic amines) is 1. The van der Waals surface area contributed by atoms with Gasteiger partial charge < -0.3 is 9.64 Å². The van der Waals surface area contributed by atoms with Crippen molar-refractivity contribution in [2.75, 3.05) is 32.8 Å². The highest BCUT2D eigenvalue weighted by molar-refractivity contribution is 7.89. The van der Waals surface area contributed by atoms with Crippen LogP contribution < -0.4 is 4.74 Å². The Labute approximate surface area is 199 Å². The topological polar surface area (TPSA) is 49.9 Å². The predicted octanol–water partition coefficient (Wildman–Crippen LogP) is 5.03. The van der Waals surface area contributed by atoms with Gasteiger partial charge >= 0.3 is 0 Å². The van der Waals surface area contributed by atoms with Crippen molar-refractivity contribution in [1.29, 1.82) is 0 Å². The molecule has 1 fully saturated rings. The van der Waals surface area contributed by atoms with Crippen LogP contribution in [0, 0.1) is 0 Å². The van der Waals surface area contributed by atoms with Crippen molar-refractivity contribution in [2.24, 2.45) is 0 Å². The molecule has 0 aliphatic carbocycles. The fourth-order valence-corrected chi connectivity index (χ4v) is 6.24. The fourth-order valence-electron chi connectivity index (χ4n) is 4.82. The molecule has 0 saturated carbocycles. The number of unbranched alkanes of at least 4 members (excludes halogenated alkanes) is 1. The minimum atomic E-state index is -3.50. The summed E-state index contributed by atoms with van der Waals surface area (Å²) in [6, 6.07) is 13.6. The van der Waals surface area contributed by atoms with E-state index in [0.29, 0.717) is 24.6 Å². The lowest BCUT2D eigenvalue weighted by Crippen LogP contribution is -2.36. The summed E-state index contributed by atoms with van der Waals surface area (Å²) in [7, 11) is -3.50. The zero-order valence-electron chi connectivity index (χ0n) is 20.0. The molecular formula is C27H38N2O3S. The van der Waals surface area contributed by atoms with Crippen LogP contribution in [0.15, 0.2) is 47.4 Å². The van der Waals surface area contributed by atoms with Crippen LogP contribution in [0.1, 0.15) is 62.1 Å². The van der Waals surface area contributed by atoms with Crippen LogP contribution in [0.25, 0.3) is 0 Å². The summed E-state index contributed by atoms with van der Waals surface area (Å²) in [4.78, 5) is 2.91. The number of nitrogens with zero attached hydrogens (tertiary/aromatic N) is 2. The molecule has 0 radical (unpaired) electrons. The lowest BCUT2D eigenvalue weighted by Gasteiger charge is -2.28. The van der Waals surface area contributed by atoms with E-state index in [0.717, 1.165) is 50.0 Å². The molecule has 0 N–H and O–H groups in total. The Morgan fingerprint density at radius 3 is 2.45 bits per heavy atom. The number of aryl methyl sites for hydroxylation is 1. The molecule has 0 atom stereocenters. The SMILES string of the molecule is CCCCc1ccc(S(=O)(=O)N2CCc3ccc(OCCCN4CCCCC4)cc3C2)cc1. The normalized spacial score (nSPS) is 17.6. The Morgan fingerprint density at radius 1 is 0.909 bits per heavy atom. The molecule has 0 unspecified atom stereocenters. The first-order valence-corrected chi connectivity index (χ1v) is 14.1. The Morgan fingerprint density at radius 2 is 1.70 bits per heavy atom. The van der Waals surface area contributed by atoms with Crippen LogP contribution in [0.4, 0.5) is 0 Å². The number of hydrogen-bond acceptors (Lipinski definition) is 4. The number of sulfonamides is 1. The van der Waals surface area contributed by atoms with Crippen molar-refractivity contribution in [3.05, 3.63) is 59.2 Å². The summed E-state index contributed by atoms with van der Waals surface area (Å²) < 4.78 is 34.1. The van der Waals surface area contributed by atoms with Crippen molar-refractivity contribution in [3.63, 3.8) is 0 Å². The lowest BCUT2D eigenvalue weighted by atomic mass is 10.0. The lowest BCUT2D eigenvalue weighted by molar-refractivity contribution is 0.205. The van der Waals surface area contributed by atoms with E-state index >= 15 is 0 Å². The second-order valence-corrected chi connectivity index (χ2v) is 11.3. The highest BCUT2D eigenvalue weighted by atomic mass is 32.2. The molecular weight excluding hydrogens is 432 g/mol. The van der Waals surface area contributed by atoms with E-state index in [1.165, 1.54) is 43.5 Å². The summed E-state index contributed by atoms with van der Waals surface area (Å²) in [6.45, 7) is 7.30. The Kier molecular flexibility index (Phi) is 8.45. The Hall–Kier alpha value is -1.89. The number of rotatable bonds is 10. The van der Waals surface area contributed by atoms with Gasteiger partial charge in [0.2, 0.25) is 10.0 Å². The smallest absolute Gasteiger partial charge is 0.243 e. The van der Waals surface area contributed by atoms with E-state index in [2.05, 4.69) is 17.9 Å². The fraction of sp³-hybridized carbons (Fsp3) is 0.556. The maximum absolute atomic E-state index is 13.3. The van der Waals surface area contributed by atoms with E-state index in [1.54, 1.807) is 16.4 Å². The summed E-state index contributed by atoms with van der Waals surface area (Å²) >= 11 is 0. The molecule has 180 valence electrons. The molecule has 2 aliphatic rings. The average molecular weight is 471 g/mol. The van der Waals surface area contributed by atoms with Gasteiger partial charge in [-0.3, -0.25) is 0 Å². The number of benzene rings is 2. The van der Waals surface area contributed by atoms with Gasteiger partial charge in [-0.1, -0.05) is 38.0 Å². The van der Waals surface area contributed by atoms with Gasteiger partial charge in [0.1, 0.15) is 5.75 Å². The van der Waals surface area contributed by atoms with Crippen LogP contribution in [0.5, 0.6) is 5.75 Å². The Balaban J connectivity index is 1.34. The minimum absolute atomic E-state index is 0.385. The van der Waals surface area contributed by atoms with Crippen molar-refractivity contribution < 1.29 is 13.2 Å². The molecule has 0 spiro atoms. The highest BCUT2D eigenvalue weighted by Gasteiger charge is 2.28. The number of ether oxygens (including phenoxy) is 1. The van der Waals surface area contributed by atoms with E-state index in [4.69, 9.17) is 4.74 Å². The van der Waals surface area contributed by atoms with Crippen LogP contribution in [0.2, 0.25) is 0 Å². The minimum Gasteiger partial charge on any atom is -0.494 e. The van der Waals surface area contributed by atoms with Gasteiger partial charge in [-0.15, -0.1) is 0 Å².